The average molecular weight is 460 g/mol. The monoisotopic (exact) mass is 458 g/mol. The minimum Gasteiger partial charge on any atom is -0.463 e. The number of ether oxygens (including phenoxy) is 3. The maximum Gasteiger partial charge on any atom is 0.330 e. The van der Waals surface area contributed by atoms with Gasteiger partial charge in [-0.3, -0.25) is 0 Å². The predicted molar refractivity (Wildman–Crippen MR) is 96.1 cm³/mol. The van der Waals surface area contributed by atoms with Crippen LogP contribution in [0.3, 0.4) is 0 Å². The maximum atomic E-state index is 11.0. The standard InChI is InChI=1S/C19H28O7.Zr/c1-4-16(20)24-13-7-10-19(23,11-8-14-25-17(21)5-2)12-9-15-26-18(22)6-3;/h4-6,23H,1-3,7-15H2;. The third kappa shape index (κ3) is 15.2. The molecule has 0 aliphatic carbocycles. The number of aliphatic hydroxyl groups is 1. The van der Waals surface area contributed by atoms with E-state index in [4.69, 9.17) is 14.2 Å². The van der Waals surface area contributed by atoms with Gasteiger partial charge in [-0.2, -0.15) is 0 Å². The summed E-state index contributed by atoms with van der Waals surface area (Å²) in [5.74, 6) is -1.54. The van der Waals surface area contributed by atoms with Crippen molar-refractivity contribution in [3.63, 3.8) is 0 Å². The van der Waals surface area contributed by atoms with E-state index in [2.05, 4.69) is 19.7 Å². The van der Waals surface area contributed by atoms with Gasteiger partial charge in [0.15, 0.2) is 0 Å². The smallest absolute Gasteiger partial charge is 0.330 e. The van der Waals surface area contributed by atoms with Crippen molar-refractivity contribution in [3.8, 4) is 0 Å². The predicted octanol–water partition coefficient (Wildman–Crippen LogP) is 2.24. The molecule has 0 amide bonds. The largest absolute Gasteiger partial charge is 0.463 e. The van der Waals surface area contributed by atoms with Crippen LogP contribution in [0.25, 0.3) is 0 Å². The molecule has 0 atom stereocenters. The number of esters is 3. The van der Waals surface area contributed by atoms with Crippen LogP contribution < -0.4 is 0 Å². The molecule has 0 bridgehead atoms. The Hall–Kier alpha value is -1.53. The minimum atomic E-state index is -1.04. The van der Waals surface area contributed by atoms with Gasteiger partial charge in [0.25, 0.3) is 0 Å². The molecule has 0 radical (unpaired) electrons. The molecule has 150 valence electrons. The summed E-state index contributed by atoms with van der Waals surface area (Å²) < 4.78 is 14.7. The van der Waals surface area contributed by atoms with Crippen molar-refractivity contribution < 1.29 is 59.9 Å². The molecule has 0 rings (SSSR count). The van der Waals surface area contributed by atoms with Gasteiger partial charge in [0, 0.05) is 44.4 Å². The molecule has 8 heteroatoms. The third-order valence-electron chi connectivity index (χ3n) is 3.59. The SMILES string of the molecule is C=CC(=O)OCCCC(O)(CCCOC(=O)C=C)CCCOC(=O)C=C.[Zr]. The van der Waals surface area contributed by atoms with Crippen molar-refractivity contribution in [2.45, 2.75) is 44.1 Å². The van der Waals surface area contributed by atoms with Crippen LogP contribution in [0.2, 0.25) is 0 Å². The number of rotatable bonds is 15. The summed E-state index contributed by atoms with van der Waals surface area (Å²) in [5.41, 5.74) is -1.04. The zero-order valence-electron chi connectivity index (χ0n) is 15.6. The van der Waals surface area contributed by atoms with E-state index >= 15 is 0 Å². The van der Waals surface area contributed by atoms with Gasteiger partial charge in [-0.1, -0.05) is 19.7 Å². The van der Waals surface area contributed by atoms with Crippen molar-refractivity contribution in [2.75, 3.05) is 19.8 Å². The van der Waals surface area contributed by atoms with Crippen LogP contribution in [0.4, 0.5) is 0 Å². The van der Waals surface area contributed by atoms with Gasteiger partial charge in [-0.05, 0) is 38.5 Å². The second-order valence-corrected chi connectivity index (χ2v) is 5.65. The maximum absolute atomic E-state index is 11.0. The van der Waals surface area contributed by atoms with Gasteiger partial charge in [-0.25, -0.2) is 14.4 Å². The van der Waals surface area contributed by atoms with E-state index in [1.165, 1.54) is 0 Å². The molecule has 0 aromatic heterocycles. The molecule has 0 aliphatic heterocycles. The number of carbonyl (C=O) groups excluding carboxylic acids is 3. The fraction of sp³-hybridized carbons (Fsp3) is 0.526. The Kier molecular flexibility index (Phi) is 17.1. The first kappa shape index (κ1) is 27.7. The molecule has 0 fully saturated rings. The van der Waals surface area contributed by atoms with E-state index in [0.717, 1.165) is 18.2 Å². The van der Waals surface area contributed by atoms with E-state index in [0.29, 0.717) is 38.5 Å². The summed E-state index contributed by atoms with van der Waals surface area (Å²) in [6.45, 7) is 10.4. The zero-order valence-corrected chi connectivity index (χ0v) is 18.1. The van der Waals surface area contributed by atoms with Gasteiger partial charge in [0.2, 0.25) is 0 Å². The summed E-state index contributed by atoms with van der Waals surface area (Å²) in [7, 11) is 0. The van der Waals surface area contributed by atoms with Crippen molar-refractivity contribution in [2.24, 2.45) is 0 Å². The first-order valence-corrected chi connectivity index (χ1v) is 8.47. The van der Waals surface area contributed by atoms with Gasteiger partial charge in [-0.15, -0.1) is 0 Å². The van der Waals surface area contributed by atoms with Gasteiger partial charge < -0.3 is 19.3 Å². The third-order valence-corrected chi connectivity index (χ3v) is 3.59. The molecule has 0 heterocycles. The Balaban J connectivity index is 0. The molecule has 0 saturated heterocycles. The van der Waals surface area contributed by atoms with Crippen LogP contribution in [0.15, 0.2) is 38.0 Å². The van der Waals surface area contributed by atoms with Crippen molar-refractivity contribution in [1.82, 2.24) is 0 Å². The number of hydrogen-bond donors (Lipinski definition) is 1. The summed E-state index contributed by atoms with van der Waals surface area (Å²) in [6, 6.07) is 0. The Bertz CT molecular complexity index is 433. The van der Waals surface area contributed by atoms with Crippen molar-refractivity contribution >= 4 is 17.9 Å². The quantitative estimate of drug-likeness (QED) is 0.173. The first-order chi connectivity index (χ1) is 12.4. The van der Waals surface area contributed by atoms with Crippen LogP contribution in [-0.4, -0.2) is 48.4 Å². The average Bonchev–Trinajstić information content (AvgIpc) is 2.65. The summed E-state index contributed by atoms with van der Waals surface area (Å²) in [4.78, 5) is 33.1. The normalized spacial score (nSPS) is 10.1. The first-order valence-electron chi connectivity index (χ1n) is 8.47. The molecule has 0 saturated carbocycles. The molecule has 1 N–H and O–H groups in total. The molecule has 0 aromatic carbocycles. The Morgan fingerprint density at radius 3 is 1.19 bits per heavy atom. The van der Waals surface area contributed by atoms with Crippen LogP contribution in [-0.2, 0) is 54.8 Å². The number of hydrogen-bond acceptors (Lipinski definition) is 7. The zero-order chi connectivity index (χ0) is 19.8. The van der Waals surface area contributed by atoms with Crippen LogP contribution in [0.1, 0.15) is 38.5 Å². The van der Waals surface area contributed by atoms with E-state index in [9.17, 15) is 19.5 Å². The second kappa shape index (κ2) is 16.6. The second-order valence-electron chi connectivity index (χ2n) is 5.65. The molecule has 0 aromatic rings. The van der Waals surface area contributed by atoms with Crippen molar-refractivity contribution in [1.29, 1.82) is 0 Å². The van der Waals surface area contributed by atoms with E-state index < -0.39 is 23.5 Å². The van der Waals surface area contributed by atoms with E-state index in [1.807, 2.05) is 0 Å². The molecular formula is C19H28O7Zr. The van der Waals surface area contributed by atoms with Crippen LogP contribution in [0.5, 0.6) is 0 Å². The molecule has 7 nitrogen and oxygen atoms in total. The Morgan fingerprint density at radius 1 is 0.704 bits per heavy atom. The van der Waals surface area contributed by atoms with Gasteiger partial charge in [0.05, 0.1) is 25.4 Å². The fourth-order valence-corrected chi connectivity index (χ4v) is 2.27. The Morgan fingerprint density at radius 2 is 0.963 bits per heavy atom. The minimum absolute atomic E-state index is 0. The summed E-state index contributed by atoms with van der Waals surface area (Å²) >= 11 is 0. The van der Waals surface area contributed by atoms with Gasteiger partial charge >= 0.3 is 17.9 Å². The van der Waals surface area contributed by atoms with E-state index in [-0.39, 0.29) is 46.0 Å². The molecule has 0 spiro atoms. The summed E-state index contributed by atoms with van der Waals surface area (Å²) in [6.07, 6.45) is 5.81. The fourth-order valence-electron chi connectivity index (χ4n) is 2.27. The van der Waals surface area contributed by atoms with Crippen molar-refractivity contribution in [3.05, 3.63) is 38.0 Å². The molecule has 0 aliphatic rings. The number of carbonyl (C=O) groups is 3. The molecular weight excluding hydrogens is 431 g/mol. The van der Waals surface area contributed by atoms with Gasteiger partial charge in [0.1, 0.15) is 0 Å². The topological polar surface area (TPSA) is 99.1 Å². The molecule has 0 unspecified atom stereocenters. The Labute approximate surface area is 179 Å². The summed E-state index contributed by atoms with van der Waals surface area (Å²) in [5, 5.41) is 10.8. The van der Waals surface area contributed by atoms with Crippen LogP contribution >= 0.6 is 0 Å². The molecule has 27 heavy (non-hydrogen) atoms. The van der Waals surface area contributed by atoms with E-state index in [1.54, 1.807) is 0 Å². The van der Waals surface area contributed by atoms with Crippen LogP contribution in [0, 0.1) is 0 Å².